The first-order valence-electron chi connectivity index (χ1n) is 9.68. The van der Waals surface area contributed by atoms with Crippen LogP contribution >= 0.6 is 0 Å². The molecule has 1 unspecified atom stereocenters. The number of hydrogen-bond donors (Lipinski definition) is 0. The Kier molecular flexibility index (Phi) is 6.59. The average molecular weight is 421 g/mol. The van der Waals surface area contributed by atoms with Gasteiger partial charge in [-0.25, -0.2) is 14.0 Å². The summed E-state index contributed by atoms with van der Waals surface area (Å²) in [6.45, 7) is 11.6. The summed E-state index contributed by atoms with van der Waals surface area (Å²) in [5.74, 6) is -3.71. The number of carbonyl (C=O) groups is 3. The average Bonchev–Trinajstić information content (AvgIpc) is 2.86. The molecule has 1 aromatic carbocycles. The van der Waals surface area contributed by atoms with Crippen LogP contribution in [0.5, 0.6) is 0 Å². The maximum absolute atomic E-state index is 14.6. The molecule has 0 bridgehead atoms. The van der Waals surface area contributed by atoms with Gasteiger partial charge in [0.05, 0.1) is 12.3 Å². The molecule has 0 N–H and O–H groups in total. The van der Waals surface area contributed by atoms with Gasteiger partial charge in [-0.3, -0.25) is 9.69 Å². The SMILES string of the molecule is CCOC1=C(C(=O)OC(C)(C)C)C(C(=O)OC(C)(C)C)N(c2ccccc2F)C1=O. The van der Waals surface area contributed by atoms with E-state index in [1.807, 2.05) is 0 Å². The third kappa shape index (κ3) is 5.17. The Morgan fingerprint density at radius 1 is 1.03 bits per heavy atom. The van der Waals surface area contributed by atoms with Gasteiger partial charge < -0.3 is 14.2 Å². The van der Waals surface area contributed by atoms with Crippen LogP contribution in [0, 0.1) is 5.82 Å². The first-order valence-corrected chi connectivity index (χ1v) is 9.68. The van der Waals surface area contributed by atoms with Crippen molar-refractivity contribution in [1.29, 1.82) is 0 Å². The number of carbonyl (C=O) groups excluding carboxylic acids is 3. The van der Waals surface area contributed by atoms with Crippen molar-refractivity contribution >= 4 is 23.5 Å². The molecule has 1 aliphatic heterocycles. The number of nitrogens with zero attached hydrogens (tertiary/aromatic N) is 1. The zero-order valence-corrected chi connectivity index (χ0v) is 18.4. The van der Waals surface area contributed by atoms with Crippen molar-refractivity contribution in [3.63, 3.8) is 0 Å². The Morgan fingerprint density at radius 2 is 1.60 bits per heavy atom. The van der Waals surface area contributed by atoms with E-state index in [1.54, 1.807) is 48.5 Å². The van der Waals surface area contributed by atoms with Crippen molar-refractivity contribution in [2.75, 3.05) is 11.5 Å². The molecule has 1 heterocycles. The molecule has 8 heteroatoms. The zero-order valence-electron chi connectivity index (χ0n) is 18.4. The standard InChI is InChI=1S/C22H28FNO6/c1-8-28-17-15(19(26)29-21(2,3)4)16(20(27)30-22(5,6)7)24(18(17)25)14-12-10-9-11-13(14)23/h9-12,16H,8H2,1-7H3. The van der Waals surface area contributed by atoms with Gasteiger partial charge in [0.1, 0.15) is 22.6 Å². The highest BCUT2D eigenvalue weighted by Crippen LogP contribution is 2.36. The lowest BCUT2D eigenvalue weighted by Gasteiger charge is -2.29. The zero-order chi connectivity index (χ0) is 22.9. The number of para-hydroxylation sites is 1. The predicted molar refractivity (Wildman–Crippen MR) is 108 cm³/mol. The van der Waals surface area contributed by atoms with E-state index in [0.29, 0.717) is 0 Å². The topological polar surface area (TPSA) is 82.1 Å². The molecule has 0 radical (unpaired) electrons. The second-order valence-electron chi connectivity index (χ2n) is 8.74. The highest BCUT2D eigenvalue weighted by molar-refractivity contribution is 6.20. The van der Waals surface area contributed by atoms with Crippen LogP contribution in [-0.2, 0) is 28.6 Å². The number of halogens is 1. The molecule has 0 saturated carbocycles. The molecule has 0 aliphatic carbocycles. The summed E-state index contributed by atoms with van der Waals surface area (Å²) in [6, 6.07) is 3.91. The predicted octanol–water partition coefficient (Wildman–Crippen LogP) is 3.51. The van der Waals surface area contributed by atoms with E-state index in [9.17, 15) is 18.8 Å². The van der Waals surface area contributed by atoms with E-state index >= 15 is 0 Å². The van der Waals surface area contributed by atoms with Gasteiger partial charge in [-0.15, -0.1) is 0 Å². The monoisotopic (exact) mass is 421 g/mol. The van der Waals surface area contributed by atoms with Crippen LogP contribution in [0.2, 0.25) is 0 Å². The van der Waals surface area contributed by atoms with Crippen LogP contribution in [0.25, 0.3) is 0 Å². The van der Waals surface area contributed by atoms with Gasteiger partial charge in [-0.05, 0) is 60.6 Å². The maximum Gasteiger partial charge on any atom is 0.341 e. The highest BCUT2D eigenvalue weighted by Gasteiger charge is 2.51. The molecule has 1 atom stereocenters. The Hall–Kier alpha value is -2.90. The minimum absolute atomic E-state index is 0.0551. The van der Waals surface area contributed by atoms with Gasteiger partial charge in [0.15, 0.2) is 11.8 Å². The smallest absolute Gasteiger partial charge is 0.341 e. The minimum Gasteiger partial charge on any atom is -0.488 e. The lowest BCUT2D eigenvalue weighted by atomic mass is 10.1. The summed E-state index contributed by atoms with van der Waals surface area (Å²) in [6.07, 6.45) is 0. The maximum atomic E-state index is 14.6. The number of ether oxygens (including phenoxy) is 3. The number of esters is 2. The van der Waals surface area contributed by atoms with E-state index in [1.165, 1.54) is 18.2 Å². The number of amides is 1. The van der Waals surface area contributed by atoms with Gasteiger partial charge in [0.25, 0.3) is 5.91 Å². The Bertz CT molecular complexity index is 878. The molecule has 1 amide bonds. The molecule has 1 aliphatic rings. The second-order valence-corrected chi connectivity index (χ2v) is 8.74. The highest BCUT2D eigenvalue weighted by atomic mass is 19.1. The van der Waals surface area contributed by atoms with Crippen LogP contribution in [-0.4, -0.2) is 41.7 Å². The van der Waals surface area contributed by atoms with Crippen molar-refractivity contribution < 1.29 is 33.0 Å². The molecule has 0 aromatic heterocycles. The number of hydrogen-bond acceptors (Lipinski definition) is 6. The van der Waals surface area contributed by atoms with Crippen molar-refractivity contribution in [3.05, 3.63) is 41.4 Å². The van der Waals surface area contributed by atoms with Gasteiger partial charge in [0, 0.05) is 0 Å². The van der Waals surface area contributed by atoms with Gasteiger partial charge >= 0.3 is 11.9 Å². The summed E-state index contributed by atoms with van der Waals surface area (Å²) in [5.41, 5.74) is -2.29. The molecule has 30 heavy (non-hydrogen) atoms. The quantitative estimate of drug-likeness (QED) is 0.677. The molecule has 0 spiro atoms. The Balaban J connectivity index is 2.67. The number of anilines is 1. The van der Waals surface area contributed by atoms with Crippen LogP contribution in [0.1, 0.15) is 48.5 Å². The molecule has 1 aromatic rings. The van der Waals surface area contributed by atoms with E-state index in [0.717, 1.165) is 11.0 Å². The lowest BCUT2D eigenvalue weighted by molar-refractivity contribution is -0.159. The van der Waals surface area contributed by atoms with E-state index < -0.39 is 40.9 Å². The molecule has 164 valence electrons. The van der Waals surface area contributed by atoms with E-state index in [2.05, 4.69) is 0 Å². The Morgan fingerprint density at radius 3 is 2.10 bits per heavy atom. The molecular weight excluding hydrogens is 393 g/mol. The summed E-state index contributed by atoms with van der Waals surface area (Å²) >= 11 is 0. The van der Waals surface area contributed by atoms with Crippen molar-refractivity contribution in [1.82, 2.24) is 0 Å². The van der Waals surface area contributed by atoms with Gasteiger partial charge in [-0.1, -0.05) is 12.1 Å². The summed E-state index contributed by atoms with van der Waals surface area (Å²) < 4.78 is 30.9. The fraction of sp³-hybridized carbons (Fsp3) is 0.500. The van der Waals surface area contributed by atoms with Gasteiger partial charge in [0.2, 0.25) is 0 Å². The van der Waals surface area contributed by atoms with Crippen LogP contribution in [0.3, 0.4) is 0 Å². The first kappa shape index (κ1) is 23.4. The van der Waals surface area contributed by atoms with Crippen molar-refractivity contribution in [2.45, 2.75) is 65.7 Å². The van der Waals surface area contributed by atoms with Gasteiger partial charge in [-0.2, -0.15) is 0 Å². The third-order valence-electron chi connectivity index (χ3n) is 3.84. The summed E-state index contributed by atoms with van der Waals surface area (Å²) in [4.78, 5) is 40.1. The first-order chi connectivity index (χ1) is 13.8. The molecule has 0 saturated heterocycles. The molecule has 0 fully saturated rings. The second kappa shape index (κ2) is 8.45. The fourth-order valence-corrected chi connectivity index (χ4v) is 2.89. The Labute approximate surface area is 175 Å². The molecule has 2 rings (SSSR count). The van der Waals surface area contributed by atoms with Crippen LogP contribution in [0.4, 0.5) is 10.1 Å². The summed E-state index contributed by atoms with van der Waals surface area (Å²) in [5, 5.41) is 0. The molecule has 7 nitrogen and oxygen atoms in total. The minimum atomic E-state index is -1.55. The van der Waals surface area contributed by atoms with Crippen molar-refractivity contribution in [2.24, 2.45) is 0 Å². The summed E-state index contributed by atoms with van der Waals surface area (Å²) in [7, 11) is 0. The van der Waals surface area contributed by atoms with Crippen LogP contribution < -0.4 is 4.90 Å². The third-order valence-corrected chi connectivity index (χ3v) is 3.84. The number of benzene rings is 1. The largest absolute Gasteiger partial charge is 0.488 e. The molecular formula is C22H28FNO6. The van der Waals surface area contributed by atoms with Crippen LogP contribution in [0.15, 0.2) is 35.6 Å². The normalized spacial score (nSPS) is 17.3. The number of rotatable bonds is 5. The van der Waals surface area contributed by atoms with E-state index in [-0.39, 0.29) is 23.6 Å². The van der Waals surface area contributed by atoms with Crippen molar-refractivity contribution in [3.8, 4) is 0 Å². The van der Waals surface area contributed by atoms with E-state index in [4.69, 9.17) is 14.2 Å². The fourth-order valence-electron chi connectivity index (χ4n) is 2.89. The lowest BCUT2D eigenvalue weighted by Crippen LogP contribution is -2.46.